The van der Waals surface area contributed by atoms with Crippen LogP contribution in [0.15, 0.2) is 79.1 Å². The van der Waals surface area contributed by atoms with Crippen LogP contribution in [0.3, 0.4) is 0 Å². The third-order valence-corrected chi connectivity index (χ3v) is 5.07. The summed E-state index contributed by atoms with van der Waals surface area (Å²) in [5.74, 6) is 0.616. The summed E-state index contributed by atoms with van der Waals surface area (Å²) < 4.78 is 5.28. The lowest BCUT2D eigenvalue weighted by atomic mass is 9.96. The van der Waals surface area contributed by atoms with Crippen LogP contribution < -0.4 is 15.4 Å². The third kappa shape index (κ3) is 4.10. The Morgan fingerprint density at radius 3 is 2.57 bits per heavy atom. The number of nitrogens with one attached hydrogen (secondary N) is 2. The topological polar surface area (TPSA) is 63.2 Å². The normalized spacial score (nSPS) is 10.6. The SMILES string of the molecule is COc1ccccc1NC(=O)NCc1ccc(-c2ccc(C)cc2)c2ccncc12. The van der Waals surface area contributed by atoms with Crippen LogP contribution in [0.25, 0.3) is 21.9 Å². The maximum absolute atomic E-state index is 12.4. The molecule has 4 rings (SSSR count). The number of ether oxygens (including phenoxy) is 1. The summed E-state index contributed by atoms with van der Waals surface area (Å²) in [5, 5.41) is 7.89. The molecule has 1 heterocycles. The van der Waals surface area contributed by atoms with Gasteiger partial charge in [0.1, 0.15) is 5.75 Å². The Morgan fingerprint density at radius 2 is 1.77 bits per heavy atom. The van der Waals surface area contributed by atoms with E-state index in [-0.39, 0.29) is 6.03 Å². The summed E-state index contributed by atoms with van der Waals surface area (Å²) in [5.41, 5.74) is 5.16. The molecule has 0 saturated carbocycles. The molecule has 0 fully saturated rings. The Hall–Kier alpha value is -3.86. The van der Waals surface area contributed by atoms with E-state index in [1.807, 2.05) is 30.5 Å². The first kappa shape index (κ1) is 19.5. The van der Waals surface area contributed by atoms with E-state index in [1.165, 1.54) is 5.56 Å². The number of methoxy groups -OCH3 is 1. The van der Waals surface area contributed by atoms with Crippen molar-refractivity contribution in [3.8, 4) is 16.9 Å². The van der Waals surface area contributed by atoms with Gasteiger partial charge in [0, 0.05) is 24.3 Å². The molecule has 0 unspecified atom stereocenters. The molecule has 0 aliphatic rings. The van der Waals surface area contributed by atoms with E-state index in [1.54, 1.807) is 25.4 Å². The van der Waals surface area contributed by atoms with Gasteiger partial charge in [0.15, 0.2) is 0 Å². The Bertz CT molecular complexity index is 1190. The number of urea groups is 1. The molecule has 5 nitrogen and oxygen atoms in total. The number of para-hydroxylation sites is 2. The van der Waals surface area contributed by atoms with Gasteiger partial charge in [0.2, 0.25) is 0 Å². The van der Waals surface area contributed by atoms with Crippen molar-refractivity contribution in [3.05, 3.63) is 90.3 Å². The highest BCUT2D eigenvalue weighted by Crippen LogP contribution is 2.30. The second kappa shape index (κ2) is 8.66. The molecule has 0 saturated heterocycles. The van der Waals surface area contributed by atoms with E-state index < -0.39 is 0 Å². The monoisotopic (exact) mass is 397 g/mol. The standard InChI is InChI=1S/C25H23N3O2/c1-17-7-9-18(10-8-17)20-12-11-19(22-16-26-14-13-21(20)22)15-27-25(29)28-23-5-3-4-6-24(23)30-2/h3-14,16H,15H2,1-2H3,(H2,27,28,29). The average Bonchev–Trinajstić information content (AvgIpc) is 2.78. The van der Waals surface area contributed by atoms with Gasteiger partial charge in [-0.2, -0.15) is 0 Å². The van der Waals surface area contributed by atoms with Crippen molar-refractivity contribution in [2.75, 3.05) is 12.4 Å². The van der Waals surface area contributed by atoms with E-state index in [4.69, 9.17) is 4.74 Å². The number of benzene rings is 3. The predicted molar refractivity (Wildman–Crippen MR) is 121 cm³/mol. The van der Waals surface area contributed by atoms with Gasteiger partial charge in [0.25, 0.3) is 0 Å². The van der Waals surface area contributed by atoms with Crippen molar-refractivity contribution in [1.82, 2.24) is 10.3 Å². The van der Waals surface area contributed by atoms with Crippen molar-refractivity contribution >= 4 is 22.5 Å². The number of pyridine rings is 1. The summed E-state index contributed by atoms with van der Waals surface area (Å²) in [6, 6.07) is 21.7. The highest BCUT2D eigenvalue weighted by Gasteiger charge is 2.10. The molecule has 0 bridgehead atoms. The van der Waals surface area contributed by atoms with Crippen LogP contribution in [-0.4, -0.2) is 18.1 Å². The summed E-state index contributed by atoms with van der Waals surface area (Å²) in [4.78, 5) is 16.7. The molecular weight excluding hydrogens is 374 g/mol. The third-order valence-electron chi connectivity index (χ3n) is 5.07. The van der Waals surface area contributed by atoms with Crippen molar-refractivity contribution in [2.24, 2.45) is 0 Å². The lowest BCUT2D eigenvalue weighted by Gasteiger charge is -2.14. The van der Waals surface area contributed by atoms with E-state index in [9.17, 15) is 4.79 Å². The molecule has 5 heteroatoms. The van der Waals surface area contributed by atoms with Crippen molar-refractivity contribution in [2.45, 2.75) is 13.5 Å². The number of carbonyl (C=O) groups excluding carboxylic acids is 1. The zero-order valence-electron chi connectivity index (χ0n) is 17.0. The smallest absolute Gasteiger partial charge is 0.319 e. The lowest BCUT2D eigenvalue weighted by molar-refractivity contribution is 0.251. The number of amides is 2. The number of aryl methyl sites for hydroxylation is 1. The number of nitrogens with zero attached hydrogens (tertiary/aromatic N) is 1. The number of anilines is 1. The fourth-order valence-electron chi connectivity index (χ4n) is 3.48. The van der Waals surface area contributed by atoms with Gasteiger partial charge in [-0.1, -0.05) is 54.1 Å². The zero-order chi connectivity index (χ0) is 20.9. The van der Waals surface area contributed by atoms with E-state index >= 15 is 0 Å². The minimum Gasteiger partial charge on any atom is -0.495 e. The Kier molecular flexibility index (Phi) is 5.61. The van der Waals surface area contributed by atoms with Crippen LogP contribution in [0, 0.1) is 6.92 Å². The summed E-state index contributed by atoms with van der Waals surface area (Å²) >= 11 is 0. The molecule has 3 aromatic carbocycles. The highest BCUT2D eigenvalue weighted by atomic mass is 16.5. The molecule has 1 aromatic heterocycles. The number of hydrogen-bond donors (Lipinski definition) is 2. The Labute approximate surface area is 175 Å². The zero-order valence-corrected chi connectivity index (χ0v) is 17.0. The molecule has 0 atom stereocenters. The van der Waals surface area contributed by atoms with Gasteiger partial charge in [-0.3, -0.25) is 4.98 Å². The average molecular weight is 397 g/mol. The molecule has 0 spiro atoms. The van der Waals surface area contributed by atoms with Gasteiger partial charge >= 0.3 is 6.03 Å². The predicted octanol–water partition coefficient (Wildman–Crippen LogP) is 5.54. The molecule has 0 aliphatic carbocycles. The summed E-state index contributed by atoms with van der Waals surface area (Å²) in [7, 11) is 1.58. The molecule has 2 amide bonds. The fourth-order valence-corrected chi connectivity index (χ4v) is 3.48. The maximum atomic E-state index is 12.4. The number of fused-ring (bicyclic) bond motifs is 1. The number of rotatable bonds is 5. The van der Waals surface area contributed by atoms with E-state index in [2.05, 4.69) is 52.9 Å². The van der Waals surface area contributed by atoms with Crippen LogP contribution in [-0.2, 0) is 6.54 Å². The quantitative estimate of drug-likeness (QED) is 0.465. The first-order valence-corrected chi connectivity index (χ1v) is 9.76. The number of aromatic nitrogens is 1. The van der Waals surface area contributed by atoms with E-state index in [0.717, 1.165) is 27.5 Å². The Morgan fingerprint density at radius 1 is 0.967 bits per heavy atom. The van der Waals surface area contributed by atoms with Crippen molar-refractivity contribution < 1.29 is 9.53 Å². The molecule has 0 aliphatic heterocycles. The van der Waals surface area contributed by atoms with Gasteiger partial charge in [-0.05, 0) is 47.2 Å². The molecule has 0 radical (unpaired) electrons. The highest BCUT2D eigenvalue weighted by molar-refractivity contribution is 5.98. The van der Waals surface area contributed by atoms with Gasteiger partial charge in [-0.25, -0.2) is 4.79 Å². The van der Waals surface area contributed by atoms with Crippen molar-refractivity contribution in [3.63, 3.8) is 0 Å². The van der Waals surface area contributed by atoms with Crippen LogP contribution in [0.4, 0.5) is 10.5 Å². The fraction of sp³-hybridized carbons (Fsp3) is 0.120. The molecular formula is C25H23N3O2. The van der Waals surface area contributed by atoms with Gasteiger partial charge in [-0.15, -0.1) is 0 Å². The lowest BCUT2D eigenvalue weighted by Crippen LogP contribution is -2.28. The summed E-state index contributed by atoms with van der Waals surface area (Å²) in [6.45, 7) is 2.47. The van der Waals surface area contributed by atoms with Crippen LogP contribution >= 0.6 is 0 Å². The first-order valence-electron chi connectivity index (χ1n) is 9.76. The Balaban J connectivity index is 1.56. The minimum absolute atomic E-state index is 0.292. The van der Waals surface area contributed by atoms with Crippen LogP contribution in [0.1, 0.15) is 11.1 Å². The second-order valence-electron chi connectivity index (χ2n) is 7.07. The maximum Gasteiger partial charge on any atom is 0.319 e. The first-order chi connectivity index (χ1) is 14.7. The molecule has 2 N–H and O–H groups in total. The largest absolute Gasteiger partial charge is 0.495 e. The minimum atomic E-state index is -0.292. The van der Waals surface area contributed by atoms with Crippen LogP contribution in [0.2, 0.25) is 0 Å². The van der Waals surface area contributed by atoms with Gasteiger partial charge in [0.05, 0.1) is 12.8 Å². The number of carbonyl (C=O) groups is 1. The number of hydrogen-bond acceptors (Lipinski definition) is 3. The summed E-state index contributed by atoms with van der Waals surface area (Å²) in [6.07, 6.45) is 3.65. The molecule has 150 valence electrons. The van der Waals surface area contributed by atoms with E-state index in [0.29, 0.717) is 18.0 Å². The van der Waals surface area contributed by atoms with Crippen molar-refractivity contribution in [1.29, 1.82) is 0 Å². The molecule has 4 aromatic rings. The molecule has 30 heavy (non-hydrogen) atoms. The van der Waals surface area contributed by atoms with Crippen LogP contribution in [0.5, 0.6) is 5.75 Å². The van der Waals surface area contributed by atoms with Gasteiger partial charge < -0.3 is 15.4 Å². The second-order valence-corrected chi connectivity index (χ2v) is 7.07.